The highest BCUT2D eigenvalue weighted by molar-refractivity contribution is 6.30. The van der Waals surface area contributed by atoms with Gasteiger partial charge in [0.25, 0.3) is 0 Å². The summed E-state index contributed by atoms with van der Waals surface area (Å²) >= 11 is 6.23. The van der Waals surface area contributed by atoms with Gasteiger partial charge in [0.05, 0.1) is 6.04 Å². The van der Waals surface area contributed by atoms with E-state index in [0.717, 1.165) is 11.1 Å². The molecule has 1 aliphatic rings. The molecular weight excluding hydrogens is 385 g/mol. The summed E-state index contributed by atoms with van der Waals surface area (Å²) in [6.45, 7) is 2.56. The van der Waals surface area contributed by atoms with E-state index in [1.54, 1.807) is 6.07 Å². The number of nitrogens with zero attached hydrogens (tertiary/aromatic N) is 1. The minimum Gasteiger partial charge on any atom is -0.331 e. The van der Waals surface area contributed by atoms with Gasteiger partial charge in [0.2, 0.25) is 5.91 Å². The Kier molecular flexibility index (Phi) is 5.68. The molecule has 3 aromatic rings. The second-order valence-electron chi connectivity index (χ2n) is 7.53. The zero-order valence-electron chi connectivity index (χ0n) is 16.4. The molecule has 1 unspecified atom stereocenters. The number of hydrogen-bond acceptors (Lipinski definition) is 1. The number of halogens is 2. The molecule has 0 fully saturated rings. The van der Waals surface area contributed by atoms with E-state index < -0.39 is 0 Å². The van der Waals surface area contributed by atoms with E-state index in [0.29, 0.717) is 36.4 Å². The maximum atomic E-state index is 14.5. The first kappa shape index (κ1) is 19.7. The SMILES string of the molecule is Cc1ccccc1CCC(=O)N1CCc2c(F)cccc2C1c1cccc(Cl)c1. The first-order chi connectivity index (χ1) is 14.0. The molecule has 1 amide bonds. The molecule has 0 saturated carbocycles. The predicted octanol–water partition coefficient (Wildman–Crippen LogP) is 5.89. The highest BCUT2D eigenvalue weighted by Gasteiger charge is 2.33. The molecule has 1 atom stereocenters. The Labute approximate surface area is 175 Å². The van der Waals surface area contributed by atoms with E-state index in [9.17, 15) is 9.18 Å². The Morgan fingerprint density at radius 3 is 2.69 bits per heavy atom. The van der Waals surface area contributed by atoms with Crippen molar-refractivity contribution in [1.29, 1.82) is 0 Å². The van der Waals surface area contributed by atoms with E-state index in [2.05, 4.69) is 19.1 Å². The number of carbonyl (C=O) groups excluding carboxylic acids is 1. The number of amides is 1. The Morgan fingerprint density at radius 1 is 1.10 bits per heavy atom. The van der Waals surface area contributed by atoms with Crippen molar-refractivity contribution >= 4 is 17.5 Å². The Hall–Kier alpha value is -2.65. The van der Waals surface area contributed by atoms with Crippen LogP contribution in [0.5, 0.6) is 0 Å². The third-order valence-electron chi connectivity index (χ3n) is 5.72. The molecular formula is C25H23ClFNO. The third kappa shape index (κ3) is 4.06. The lowest BCUT2D eigenvalue weighted by molar-refractivity contribution is -0.133. The van der Waals surface area contributed by atoms with Crippen LogP contribution in [0.1, 0.15) is 40.3 Å². The van der Waals surface area contributed by atoms with Crippen molar-refractivity contribution in [2.45, 2.75) is 32.2 Å². The summed E-state index contributed by atoms with van der Waals surface area (Å²) < 4.78 is 14.5. The maximum absolute atomic E-state index is 14.5. The summed E-state index contributed by atoms with van der Waals surface area (Å²) in [4.78, 5) is 15.1. The molecule has 0 bridgehead atoms. The van der Waals surface area contributed by atoms with Crippen LogP contribution in [0.15, 0.2) is 66.7 Å². The third-order valence-corrected chi connectivity index (χ3v) is 5.95. The van der Waals surface area contributed by atoms with E-state index in [-0.39, 0.29) is 17.8 Å². The largest absolute Gasteiger partial charge is 0.331 e. The Morgan fingerprint density at radius 2 is 1.90 bits per heavy atom. The fourth-order valence-electron chi connectivity index (χ4n) is 4.21. The zero-order chi connectivity index (χ0) is 20.4. The average molecular weight is 408 g/mol. The van der Waals surface area contributed by atoms with Crippen molar-refractivity contribution in [2.24, 2.45) is 0 Å². The molecule has 4 rings (SSSR count). The monoisotopic (exact) mass is 407 g/mol. The van der Waals surface area contributed by atoms with Crippen molar-refractivity contribution in [3.05, 3.63) is 105 Å². The van der Waals surface area contributed by atoms with Crippen LogP contribution in [0, 0.1) is 12.7 Å². The molecule has 0 spiro atoms. The van der Waals surface area contributed by atoms with E-state index >= 15 is 0 Å². The number of hydrogen-bond donors (Lipinski definition) is 0. The van der Waals surface area contributed by atoms with E-state index in [4.69, 9.17) is 11.6 Å². The van der Waals surface area contributed by atoms with Crippen LogP contribution >= 0.6 is 11.6 Å². The summed E-state index contributed by atoms with van der Waals surface area (Å²) in [5.74, 6) is -0.130. The second kappa shape index (κ2) is 8.38. The van der Waals surface area contributed by atoms with Crippen molar-refractivity contribution in [3.8, 4) is 0 Å². The Bertz CT molecular complexity index is 1050. The normalized spacial score (nSPS) is 15.8. The minimum atomic E-state index is -0.322. The van der Waals surface area contributed by atoms with Crippen molar-refractivity contribution < 1.29 is 9.18 Å². The van der Waals surface area contributed by atoms with Crippen molar-refractivity contribution in [3.63, 3.8) is 0 Å². The lowest BCUT2D eigenvalue weighted by atomic mass is 9.87. The molecule has 0 aliphatic carbocycles. The van der Waals surface area contributed by atoms with Gasteiger partial charge in [-0.2, -0.15) is 0 Å². The first-order valence-electron chi connectivity index (χ1n) is 9.91. The van der Waals surface area contributed by atoms with Gasteiger partial charge in [-0.05, 0) is 65.8 Å². The predicted molar refractivity (Wildman–Crippen MR) is 115 cm³/mol. The lowest BCUT2D eigenvalue weighted by Crippen LogP contribution is -2.41. The molecule has 2 nitrogen and oxygen atoms in total. The molecule has 3 aromatic carbocycles. The molecule has 1 heterocycles. The summed E-state index contributed by atoms with van der Waals surface area (Å²) in [6, 6.07) is 20.5. The number of fused-ring (bicyclic) bond motifs is 1. The fraction of sp³-hybridized carbons (Fsp3) is 0.240. The van der Waals surface area contributed by atoms with Gasteiger partial charge in [-0.3, -0.25) is 4.79 Å². The standard InChI is InChI=1S/C25H23ClFNO/c1-17-6-2-3-7-18(17)12-13-24(29)28-15-14-21-22(10-5-11-23(21)27)25(28)19-8-4-9-20(26)16-19/h2-11,16,25H,12-15H2,1H3. The number of aryl methyl sites for hydroxylation is 2. The topological polar surface area (TPSA) is 20.3 Å². The zero-order valence-corrected chi connectivity index (χ0v) is 17.1. The molecule has 0 aromatic heterocycles. The smallest absolute Gasteiger partial charge is 0.223 e. The van der Waals surface area contributed by atoms with Gasteiger partial charge in [-0.1, -0.05) is 60.1 Å². The van der Waals surface area contributed by atoms with Gasteiger partial charge in [-0.25, -0.2) is 4.39 Å². The summed E-state index contributed by atoms with van der Waals surface area (Å²) in [7, 11) is 0. The van der Waals surface area contributed by atoms with E-state index in [1.807, 2.05) is 47.4 Å². The second-order valence-corrected chi connectivity index (χ2v) is 7.97. The van der Waals surface area contributed by atoms with E-state index in [1.165, 1.54) is 17.2 Å². The highest BCUT2D eigenvalue weighted by Crippen LogP contribution is 2.37. The van der Waals surface area contributed by atoms with Crippen LogP contribution in [-0.4, -0.2) is 17.4 Å². The molecule has 29 heavy (non-hydrogen) atoms. The lowest BCUT2D eigenvalue weighted by Gasteiger charge is -2.38. The number of rotatable bonds is 4. The molecule has 148 valence electrons. The van der Waals surface area contributed by atoms with Crippen LogP contribution in [0.2, 0.25) is 5.02 Å². The van der Waals surface area contributed by atoms with Crippen LogP contribution in [0.3, 0.4) is 0 Å². The quantitative estimate of drug-likeness (QED) is 0.527. The van der Waals surface area contributed by atoms with Gasteiger partial charge in [-0.15, -0.1) is 0 Å². The summed E-state index contributed by atoms with van der Waals surface area (Å²) in [6.07, 6.45) is 1.64. The van der Waals surface area contributed by atoms with Crippen LogP contribution in [0.4, 0.5) is 4.39 Å². The maximum Gasteiger partial charge on any atom is 0.223 e. The van der Waals surface area contributed by atoms with Gasteiger partial charge < -0.3 is 4.90 Å². The Balaban J connectivity index is 1.66. The molecule has 1 aliphatic heterocycles. The fourth-order valence-corrected chi connectivity index (χ4v) is 4.40. The molecule has 0 N–H and O–H groups in total. The van der Waals surface area contributed by atoms with Crippen molar-refractivity contribution in [2.75, 3.05) is 6.54 Å². The number of carbonyl (C=O) groups is 1. The van der Waals surface area contributed by atoms with Gasteiger partial charge >= 0.3 is 0 Å². The molecule has 0 radical (unpaired) electrons. The van der Waals surface area contributed by atoms with Crippen LogP contribution in [-0.2, 0) is 17.6 Å². The summed E-state index contributed by atoms with van der Waals surface area (Å²) in [5.41, 5.74) is 4.83. The molecule has 4 heteroatoms. The minimum absolute atomic E-state index is 0.0770. The first-order valence-corrected chi connectivity index (χ1v) is 10.3. The number of benzene rings is 3. The van der Waals surface area contributed by atoms with Gasteiger partial charge in [0.15, 0.2) is 0 Å². The van der Waals surface area contributed by atoms with Crippen LogP contribution in [0.25, 0.3) is 0 Å². The average Bonchev–Trinajstić information content (AvgIpc) is 2.72. The van der Waals surface area contributed by atoms with Gasteiger partial charge in [0, 0.05) is 18.0 Å². The van der Waals surface area contributed by atoms with Crippen molar-refractivity contribution in [1.82, 2.24) is 4.90 Å². The summed E-state index contributed by atoms with van der Waals surface area (Å²) in [5, 5.41) is 0.610. The van der Waals surface area contributed by atoms with Gasteiger partial charge in [0.1, 0.15) is 5.82 Å². The highest BCUT2D eigenvalue weighted by atomic mass is 35.5. The molecule has 0 saturated heterocycles. The van der Waals surface area contributed by atoms with Crippen LogP contribution < -0.4 is 0 Å².